The van der Waals surface area contributed by atoms with Gasteiger partial charge in [-0.1, -0.05) is 0 Å². The zero-order valence-corrected chi connectivity index (χ0v) is 10.3. The molecule has 0 amide bonds. The molecule has 2 unspecified atom stereocenters. The van der Waals surface area contributed by atoms with Crippen molar-refractivity contribution in [2.75, 3.05) is 25.9 Å². The van der Waals surface area contributed by atoms with Crippen LogP contribution in [0.1, 0.15) is 19.8 Å². The molecule has 1 heterocycles. The molecule has 0 aromatic rings. The maximum Gasteiger partial charge on any atom is 0.212 e. The van der Waals surface area contributed by atoms with Crippen LogP contribution in [0.4, 0.5) is 0 Å². The molecule has 1 rings (SSSR count). The van der Waals surface area contributed by atoms with Gasteiger partial charge in [0.05, 0.1) is 5.75 Å². The van der Waals surface area contributed by atoms with E-state index in [4.69, 9.17) is 5.73 Å². The van der Waals surface area contributed by atoms with Gasteiger partial charge in [-0.3, -0.25) is 4.90 Å². The third kappa shape index (κ3) is 4.06. The SMILES string of the molecule is CNS(=O)(=O)CC1CCCN1CC(C)N. The summed E-state index contributed by atoms with van der Waals surface area (Å²) in [5.74, 6) is 0.191. The van der Waals surface area contributed by atoms with Crippen LogP contribution in [-0.4, -0.2) is 51.3 Å². The van der Waals surface area contributed by atoms with Crippen molar-refractivity contribution >= 4 is 10.0 Å². The van der Waals surface area contributed by atoms with E-state index in [1.54, 1.807) is 0 Å². The lowest BCUT2D eigenvalue weighted by molar-refractivity contribution is 0.257. The zero-order chi connectivity index (χ0) is 11.5. The molecule has 0 aliphatic carbocycles. The Hall–Kier alpha value is -0.170. The number of likely N-dealkylation sites (tertiary alicyclic amines) is 1. The van der Waals surface area contributed by atoms with E-state index >= 15 is 0 Å². The summed E-state index contributed by atoms with van der Waals surface area (Å²) < 4.78 is 25.2. The maximum atomic E-state index is 11.4. The van der Waals surface area contributed by atoms with Crippen molar-refractivity contribution in [3.8, 4) is 0 Å². The van der Waals surface area contributed by atoms with Crippen molar-refractivity contribution in [2.24, 2.45) is 5.73 Å². The Labute approximate surface area is 92.1 Å². The minimum atomic E-state index is -3.10. The van der Waals surface area contributed by atoms with Crippen molar-refractivity contribution in [1.29, 1.82) is 0 Å². The lowest BCUT2D eigenvalue weighted by Crippen LogP contribution is -2.43. The molecule has 1 fully saturated rings. The zero-order valence-electron chi connectivity index (χ0n) is 9.44. The molecule has 15 heavy (non-hydrogen) atoms. The molecule has 3 N–H and O–H groups in total. The van der Waals surface area contributed by atoms with Crippen LogP contribution in [0.3, 0.4) is 0 Å². The average Bonchev–Trinajstić information content (AvgIpc) is 2.51. The lowest BCUT2D eigenvalue weighted by atomic mass is 10.2. The molecule has 1 aliphatic rings. The first kappa shape index (κ1) is 12.9. The number of hydrogen-bond donors (Lipinski definition) is 2. The van der Waals surface area contributed by atoms with E-state index in [9.17, 15) is 8.42 Å². The maximum absolute atomic E-state index is 11.4. The standard InChI is InChI=1S/C9H21N3O2S/c1-8(10)6-12-5-3-4-9(12)7-15(13,14)11-2/h8-9,11H,3-7,10H2,1-2H3. The van der Waals surface area contributed by atoms with Crippen molar-refractivity contribution in [3.05, 3.63) is 0 Å². The molecule has 90 valence electrons. The highest BCUT2D eigenvalue weighted by Gasteiger charge is 2.28. The summed E-state index contributed by atoms with van der Waals surface area (Å²) in [7, 11) is -1.65. The molecule has 5 nitrogen and oxygen atoms in total. The molecule has 2 atom stereocenters. The Morgan fingerprint density at radius 3 is 2.80 bits per heavy atom. The van der Waals surface area contributed by atoms with Crippen LogP contribution in [0.25, 0.3) is 0 Å². The van der Waals surface area contributed by atoms with Crippen LogP contribution < -0.4 is 10.5 Å². The van der Waals surface area contributed by atoms with E-state index in [-0.39, 0.29) is 17.8 Å². The third-order valence-corrected chi connectivity index (χ3v) is 4.19. The first-order valence-electron chi connectivity index (χ1n) is 5.35. The van der Waals surface area contributed by atoms with Gasteiger partial charge in [-0.05, 0) is 33.4 Å². The van der Waals surface area contributed by atoms with E-state index in [2.05, 4.69) is 9.62 Å². The molecule has 0 saturated carbocycles. The van der Waals surface area contributed by atoms with Crippen molar-refractivity contribution in [2.45, 2.75) is 31.8 Å². The number of nitrogens with zero attached hydrogens (tertiary/aromatic N) is 1. The minimum absolute atomic E-state index is 0.0999. The van der Waals surface area contributed by atoms with Gasteiger partial charge in [0.2, 0.25) is 10.0 Å². The Morgan fingerprint density at radius 1 is 1.60 bits per heavy atom. The largest absolute Gasteiger partial charge is 0.327 e. The Kier molecular flexibility index (Phi) is 4.51. The lowest BCUT2D eigenvalue weighted by Gasteiger charge is -2.25. The number of sulfonamides is 1. The summed E-state index contributed by atoms with van der Waals surface area (Å²) >= 11 is 0. The fraction of sp³-hybridized carbons (Fsp3) is 1.00. The van der Waals surface area contributed by atoms with E-state index in [0.717, 1.165) is 25.9 Å². The first-order chi connectivity index (χ1) is 6.94. The first-order valence-corrected chi connectivity index (χ1v) is 7.00. The van der Waals surface area contributed by atoms with Gasteiger partial charge >= 0.3 is 0 Å². The van der Waals surface area contributed by atoms with Crippen LogP contribution in [0.5, 0.6) is 0 Å². The summed E-state index contributed by atoms with van der Waals surface area (Å²) in [4.78, 5) is 2.18. The highest BCUT2D eigenvalue weighted by Crippen LogP contribution is 2.18. The highest BCUT2D eigenvalue weighted by atomic mass is 32.2. The highest BCUT2D eigenvalue weighted by molar-refractivity contribution is 7.89. The van der Waals surface area contributed by atoms with Gasteiger partial charge in [0.25, 0.3) is 0 Å². The van der Waals surface area contributed by atoms with Crippen LogP contribution in [-0.2, 0) is 10.0 Å². The van der Waals surface area contributed by atoms with Crippen molar-refractivity contribution in [1.82, 2.24) is 9.62 Å². The fourth-order valence-corrected chi connectivity index (χ4v) is 3.08. The van der Waals surface area contributed by atoms with Gasteiger partial charge in [0, 0.05) is 18.6 Å². The molecule has 0 bridgehead atoms. The third-order valence-electron chi connectivity index (χ3n) is 2.74. The summed E-state index contributed by atoms with van der Waals surface area (Å²) in [6, 6.07) is 0.233. The quantitative estimate of drug-likeness (QED) is 0.664. The van der Waals surface area contributed by atoms with E-state index in [1.807, 2.05) is 6.92 Å². The van der Waals surface area contributed by atoms with Gasteiger partial charge in [-0.25, -0.2) is 13.1 Å². The van der Waals surface area contributed by atoms with Gasteiger partial charge in [-0.15, -0.1) is 0 Å². The normalized spacial score (nSPS) is 25.7. The van der Waals surface area contributed by atoms with Crippen molar-refractivity contribution in [3.63, 3.8) is 0 Å². The van der Waals surface area contributed by atoms with Gasteiger partial charge in [-0.2, -0.15) is 0 Å². The van der Waals surface area contributed by atoms with Crippen LogP contribution in [0.2, 0.25) is 0 Å². The summed E-state index contributed by atoms with van der Waals surface area (Å²) in [6.45, 7) is 3.69. The Morgan fingerprint density at radius 2 is 2.27 bits per heavy atom. The van der Waals surface area contributed by atoms with Crippen LogP contribution >= 0.6 is 0 Å². The summed E-state index contributed by atoms with van der Waals surface area (Å²) in [5, 5.41) is 0. The van der Waals surface area contributed by atoms with Gasteiger partial charge in [0.1, 0.15) is 0 Å². The molecule has 1 aliphatic heterocycles. The second-order valence-electron chi connectivity index (χ2n) is 4.25. The molecular formula is C9H21N3O2S. The molecule has 1 saturated heterocycles. The fourth-order valence-electron chi connectivity index (χ4n) is 2.03. The van der Waals surface area contributed by atoms with Gasteiger partial charge in [0.15, 0.2) is 0 Å². The molecular weight excluding hydrogens is 214 g/mol. The molecule has 0 aromatic heterocycles. The van der Waals surface area contributed by atoms with E-state index < -0.39 is 10.0 Å². The second kappa shape index (κ2) is 5.25. The van der Waals surface area contributed by atoms with Crippen LogP contribution in [0.15, 0.2) is 0 Å². The Bertz CT molecular complexity index is 290. The topological polar surface area (TPSA) is 75.4 Å². The predicted octanol–water partition coefficient (Wildman–Crippen LogP) is -0.653. The van der Waals surface area contributed by atoms with Gasteiger partial charge < -0.3 is 5.73 Å². The second-order valence-corrected chi connectivity index (χ2v) is 6.22. The Balaban J connectivity index is 2.54. The monoisotopic (exact) mass is 235 g/mol. The minimum Gasteiger partial charge on any atom is -0.327 e. The summed E-state index contributed by atoms with van der Waals surface area (Å²) in [6.07, 6.45) is 2.02. The number of rotatable bonds is 5. The number of nitrogens with two attached hydrogens (primary N) is 1. The smallest absolute Gasteiger partial charge is 0.212 e. The van der Waals surface area contributed by atoms with E-state index in [1.165, 1.54) is 7.05 Å². The van der Waals surface area contributed by atoms with E-state index in [0.29, 0.717) is 0 Å². The predicted molar refractivity (Wildman–Crippen MR) is 61.1 cm³/mol. The molecule has 0 radical (unpaired) electrons. The van der Waals surface area contributed by atoms with Crippen molar-refractivity contribution < 1.29 is 8.42 Å². The average molecular weight is 235 g/mol. The van der Waals surface area contributed by atoms with Crippen LogP contribution in [0, 0.1) is 0 Å². The number of nitrogens with one attached hydrogen (secondary N) is 1. The number of hydrogen-bond acceptors (Lipinski definition) is 4. The molecule has 6 heteroatoms. The molecule has 0 aromatic carbocycles. The summed E-state index contributed by atoms with van der Waals surface area (Å²) in [5.41, 5.74) is 5.72. The molecule has 0 spiro atoms.